The van der Waals surface area contributed by atoms with Gasteiger partial charge in [0.25, 0.3) is 0 Å². The molecule has 4 heterocycles. The highest BCUT2D eigenvalue weighted by molar-refractivity contribution is 5.93. The summed E-state index contributed by atoms with van der Waals surface area (Å²) in [6, 6.07) is 2.08. The fourth-order valence-electron chi connectivity index (χ4n) is 4.47. The standard InChI is InChI=1S/C28H34N6/c1-6-13-25(34-14-11-10-12-15-34)26-19(5)30-28(31-26)27-22-17-23(29-18-24(22)32-33-27)21(9-4)16-20(7-2)8-3/h6-7,9,13,16-18H,1-2,8,10-12,14-15H2,3-5H3,(H,30,31)(H,32,33)/b20-16+,21-9+,25-13+. The molecule has 3 aromatic rings. The predicted molar refractivity (Wildman–Crippen MR) is 142 cm³/mol. The molecule has 0 aromatic carbocycles. The summed E-state index contributed by atoms with van der Waals surface area (Å²) in [5, 5.41) is 8.70. The molecule has 1 saturated heterocycles. The van der Waals surface area contributed by atoms with Crippen molar-refractivity contribution in [2.45, 2.75) is 46.5 Å². The van der Waals surface area contributed by atoms with Crippen molar-refractivity contribution < 1.29 is 0 Å². The van der Waals surface area contributed by atoms with Crippen molar-refractivity contribution in [1.82, 2.24) is 30.0 Å². The van der Waals surface area contributed by atoms with Crippen LogP contribution in [0, 0.1) is 6.92 Å². The summed E-state index contributed by atoms with van der Waals surface area (Å²) < 4.78 is 0. The van der Waals surface area contributed by atoms with E-state index in [9.17, 15) is 0 Å². The molecule has 1 fully saturated rings. The second kappa shape index (κ2) is 10.5. The summed E-state index contributed by atoms with van der Waals surface area (Å²) in [7, 11) is 0. The van der Waals surface area contributed by atoms with E-state index in [0.717, 1.165) is 70.3 Å². The van der Waals surface area contributed by atoms with Crippen molar-refractivity contribution in [3.63, 3.8) is 0 Å². The number of pyridine rings is 1. The molecule has 176 valence electrons. The lowest BCUT2D eigenvalue weighted by atomic mass is 10.0. The monoisotopic (exact) mass is 454 g/mol. The van der Waals surface area contributed by atoms with E-state index >= 15 is 0 Å². The number of aromatic nitrogens is 5. The minimum absolute atomic E-state index is 0.751. The van der Waals surface area contributed by atoms with Crippen LogP contribution >= 0.6 is 0 Å². The van der Waals surface area contributed by atoms with Crippen molar-refractivity contribution in [1.29, 1.82) is 0 Å². The van der Waals surface area contributed by atoms with Crippen LogP contribution in [0.3, 0.4) is 0 Å². The number of H-pyrrole nitrogens is 2. The molecule has 0 aliphatic carbocycles. The number of hydrogen-bond acceptors (Lipinski definition) is 4. The predicted octanol–water partition coefficient (Wildman–Crippen LogP) is 6.59. The van der Waals surface area contributed by atoms with Crippen LogP contribution < -0.4 is 0 Å². The number of fused-ring (bicyclic) bond motifs is 1. The number of nitrogens with zero attached hydrogens (tertiary/aromatic N) is 4. The van der Waals surface area contributed by atoms with Gasteiger partial charge in [-0.15, -0.1) is 0 Å². The van der Waals surface area contributed by atoms with Crippen molar-refractivity contribution in [2.75, 3.05) is 13.1 Å². The molecular formula is C28H34N6. The molecule has 6 nitrogen and oxygen atoms in total. The average Bonchev–Trinajstić information content (AvgIpc) is 3.46. The minimum Gasteiger partial charge on any atom is -0.370 e. The molecular weight excluding hydrogens is 420 g/mol. The Labute approximate surface area is 201 Å². The largest absolute Gasteiger partial charge is 0.370 e. The number of hydrogen-bond donors (Lipinski definition) is 2. The zero-order valence-electron chi connectivity index (χ0n) is 20.5. The molecule has 0 spiro atoms. The fourth-order valence-corrected chi connectivity index (χ4v) is 4.47. The first kappa shape index (κ1) is 23.5. The third-order valence-electron chi connectivity index (χ3n) is 6.39. The van der Waals surface area contributed by atoms with Crippen LogP contribution in [0.2, 0.25) is 0 Å². The first-order valence-electron chi connectivity index (χ1n) is 12.1. The van der Waals surface area contributed by atoms with E-state index in [-0.39, 0.29) is 0 Å². The summed E-state index contributed by atoms with van der Waals surface area (Å²) in [4.78, 5) is 15.6. The zero-order valence-corrected chi connectivity index (χ0v) is 20.5. The summed E-state index contributed by atoms with van der Waals surface area (Å²) in [6.45, 7) is 16.2. The van der Waals surface area contributed by atoms with Gasteiger partial charge in [-0.1, -0.05) is 38.3 Å². The Bertz CT molecular complexity index is 1280. The van der Waals surface area contributed by atoms with Gasteiger partial charge in [-0.2, -0.15) is 5.10 Å². The Kier molecular flexibility index (Phi) is 7.26. The molecule has 34 heavy (non-hydrogen) atoms. The molecule has 4 rings (SSSR count). The van der Waals surface area contributed by atoms with Crippen molar-refractivity contribution >= 4 is 22.2 Å². The maximum absolute atomic E-state index is 5.01. The zero-order chi connectivity index (χ0) is 24.1. The highest BCUT2D eigenvalue weighted by Gasteiger charge is 2.21. The Morgan fingerprint density at radius 3 is 2.68 bits per heavy atom. The maximum Gasteiger partial charge on any atom is 0.159 e. The molecule has 1 aliphatic heterocycles. The number of rotatable bonds is 8. The first-order chi connectivity index (χ1) is 16.6. The lowest BCUT2D eigenvalue weighted by molar-refractivity contribution is 0.325. The van der Waals surface area contributed by atoms with Crippen molar-refractivity contribution in [2.24, 2.45) is 0 Å². The molecule has 0 unspecified atom stereocenters. The molecule has 1 aliphatic rings. The van der Waals surface area contributed by atoms with Gasteiger partial charge in [0.2, 0.25) is 0 Å². The summed E-state index contributed by atoms with van der Waals surface area (Å²) >= 11 is 0. The molecule has 0 atom stereocenters. The van der Waals surface area contributed by atoms with Crippen LogP contribution in [0.5, 0.6) is 0 Å². The number of piperidine rings is 1. The van der Waals surface area contributed by atoms with Gasteiger partial charge in [-0.05, 0) is 68.9 Å². The van der Waals surface area contributed by atoms with Gasteiger partial charge in [0.15, 0.2) is 5.82 Å². The topological polar surface area (TPSA) is 73.5 Å². The van der Waals surface area contributed by atoms with Crippen LogP contribution in [-0.2, 0) is 0 Å². The lowest BCUT2D eigenvalue weighted by Crippen LogP contribution is -2.28. The Morgan fingerprint density at radius 2 is 2.00 bits per heavy atom. The summed E-state index contributed by atoms with van der Waals surface area (Å²) in [6.07, 6.45) is 16.5. The molecule has 2 N–H and O–H groups in total. The number of aryl methyl sites for hydroxylation is 1. The van der Waals surface area contributed by atoms with Gasteiger partial charge >= 0.3 is 0 Å². The van der Waals surface area contributed by atoms with Gasteiger partial charge in [-0.3, -0.25) is 10.1 Å². The fraction of sp³-hybridized carbons (Fsp3) is 0.321. The molecule has 0 saturated carbocycles. The van der Waals surface area contributed by atoms with E-state index < -0.39 is 0 Å². The third-order valence-corrected chi connectivity index (χ3v) is 6.39. The summed E-state index contributed by atoms with van der Waals surface area (Å²) in [5.74, 6) is 0.751. The van der Waals surface area contributed by atoms with Crippen LogP contribution in [0.25, 0.3) is 33.7 Å². The average molecular weight is 455 g/mol. The van der Waals surface area contributed by atoms with Gasteiger partial charge in [0.1, 0.15) is 11.4 Å². The molecule has 0 amide bonds. The minimum atomic E-state index is 0.751. The Morgan fingerprint density at radius 1 is 1.21 bits per heavy atom. The van der Waals surface area contributed by atoms with Gasteiger partial charge < -0.3 is 9.88 Å². The quantitative estimate of drug-likeness (QED) is 0.376. The molecule has 0 radical (unpaired) electrons. The maximum atomic E-state index is 5.01. The first-order valence-corrected chi connectivity index (χ1v) is 12.1. The van der Waals surface area contributed by atoms with E-state index in [1.54, 1.807) is 0 Å². The highest BCUT2D eigenvalue weighted by atomic mass is 15.2. The number of aromatic amines is 2. The lowest BCUT2D eigenvalue weighted by Gasteiger charge is -2.30. The third kappa shape index (κ3) is 4.67. The van der Waals surface area contributed by atoms with Gasteiger partial charge in [0.05, 0.1) is 23.1 Å². The number of allylic oxidation sites excluding steroid dienone is 7. The highest BCUT2D eigenvalue weighted by Crippen LogP contribution is 2.31. The number of nitrogens with one attached hydrogen (secondary N) is 2. The van der Waals surface area contributed by atoms with Gasteiger partial charge in [0, 0.05) is 24.2 Å². The van der Waals surface area contributed by atoms with Gasteiger partial charge in [-0.25, -0.2) is 4.98 Å². The SMILES string of the molecule is C=C/C=C(\c1nc(-c2n[nH]c3cnc(C(/C=C(\C=C)CC)=C/C)cc23)[nH]c1C)N1CCCCC1. The smallest absolute Gasteiger partial charge is 0.159 e. The second-order valence-corrected chi connectivity index (χ2v) is 8.60. The normalized spacial score (nSPS) is 15.7. The molecule has 6 heteroatoms. The van der Waals surface area contributed by atoms with E-state index in [4.69, 9.17) is 4.98 Å². The molecule has 0 bridgehead atoms. The van der Waals surface area contributed by atoms with Crippen LogP contribution in [-0.4, -0.2) is 43.1 Å². The van der Waals surface area contributed by atoms with Crippen LogP contribution in [0.1, 0.15) is 56.6 Å². The second-order valence-electron chi connectivity index (χ2n) is 8.60. The number of likely N-dealkylation sites (tertiary alicyclic amines) is 1. The van der Waals surface area contributed by atoms with E-state index in [1.807, 2.05) is 25.3 Å². The van der Waals surface area contributed by atoms with E-state index in [1.165, 1.54) is 24.8 Å². The number of imidazole rings is 1. The van der Waals surface area contributed by atoms with E-state index in [2.05, 4.69) is 76.4 Å². The van der Waals surface area contributed by atoms with Crippen molar-refractivity contribution in [3.05, 3.63) is 78.5 Å². The Hall–Kier alpha value is -3.67. The van der Waals surface area contributed by atoms with Crippen molar-refractivity contribution in [3.8, 4) is 11.5 Å². The molecule has 3 aromatic heterocycles. The van der Waals surface area contributed by atoms with Crippen LogP contribution in [0.15, 0.2) is 61.4 Å². The Balaban J connectivity index is 1.75. The van der Waals surface area contributed by atoms with Crippen LogP contribution in [0.4, 0.5) is 0 Å². The van der Waals surface area contributed by atoms with E-state index in [0.29, 0.717) is 0 Å². The summed E-state index contributed by atoms with van der Waals surface area (Å²) in [5.41, 5.74) is 7.91.